The van der Waals surface area contributed by atoms with E-state index in [2.05, 4.69) is 157 Å². The van der Waals surface area contributed by atoms with Gasteiger partial charge in [0.25, 0.3) is 0 Å². The van der Waals surface area contributed by atoms with E-state index in [0.29, 0.717) is 29.2 Å². The van der Waals surface area contributed by atoms with Gasteiger partial charge in [0, 0.05) is 50.3 Å². The Balaban J connectivity index is 0.927. The molecule has 0 saturated carbocycles. The third-order valence-corrected chi connectivity index (χ3v) is 16.3. The summed E-state index contributed by atoms with van der Waals surface area (Å²) in [5.41, 5.74) is 7.76. The smallest absolute Gasteiger partial charge is 0.170 e. The van der Waals surface area contributed by atoms with Gasteiger partial charge in [0.15, 0.2) is 47.0 Å². The van der Waals surface area contributed by atoms with Crippen LogP contribution in [0.2, 0.25) is 0 Å². The van der Waals surface area contributed by atoms with E-state index in [1.807, 2.05) is 0 Å². The predicted octanol–water partition coefficient (Wildman–Crippen LogP) is 16.1. The van der Waals surface area contributed by atoms with E-state index in [1.54, 1.807) is 11.9 Å². The van der Waals surface area contributed by atoms with E-state index >= 15 is 0 Å². The average Bonchev–Trinajstić information content (AvgIpc) is 4.15. The lowest BCUT2D eigenvalue weighted by atomic mass is 9.99. The molecule has 0 N–H and O–H groups in total. The summed E-state index contributed by atoms with van der Waals surface area (Å²) in [6.45, 7) is 2.29. The van der Waals surface area contributed by atoms with Crippen LogP contribution in [0.3, 0.4) is 0 Å². The summed E-state index contributed by atoms with van der Waals surface area (Å²) in [5.74, 6) is 5.56. The molecule has 5 aliphatic rings. The molecule has 9 heteroatoms. The van der Waals surface area contributed by atoms with Crippen LogP contribution in [-0.2, 0) is 0 Å². The summed E-state index contributed by atoms with van der Waals surface area (Å²) >= 11 is 1.80. The van der Waals surface area contributed by atoms with Crippen molar-refractivity contribution in [3.05, 3.63) is 190 Å². The Kier molecular flexibility index (Phi) is 12.4. The van der Waals surface area contributed by atoms with Crippen LogP contribution < -0.4 is 0 Å². The van der Waals surface area contributed by atoms with E-state index in [1.165, 1.54) is 83.5 Å². The molecule has 0 amide bonds. The highest BCUT2D eigenvalue weighted by Crippen LogP contribution is 2.40. The first-order valence-electron chi connectivity index (χ1n) is 26.8. The predicted molar refractivity (Wildman–Crippen MR) is 309 cm³/mol. The highest BCUT2D eigenvalue weighted by molar-refractivity contribution is 7.98. The molecule has 0 radical (unpaired) electrons. The standard InChI is InChI=1S/C64H58N8S/c1-2-3-4-5-6-7-8-9-10-11-12-13-14-23-32-73-72-63-55-39-47-30-21-19-28-45(47)37-53(55)61(70-63)68-59-51-35-43-26-17-15-24-41(43)33-49(51)57(66-59)65-58-50-34-42-25-16-18-27-44(42)36-52(50)60(67-58)69-62-54-38-46-29-20-22-31-48(46)40-56(54)64(72)71-62/h15-22,24-31,33-40,57H,2-14,23,32H2,1H3. The number of hydrogen-bond donors (Lipinski definition) is 0. The molecule has 1 atom stereocenters. The van der Waals surface area contributed by atoms with Crippen molar-refractivity contribution < 1.29 is 0 Å². The largest absolute Gasteiger partial charge is 0.250 e. The zero-order chi connectivity index (χ0) is 48.7. The van der Waals surface area contributed by atoms with E-state index < -0.39 is 6.17 Å². The summed E-state index contributed by atoms with van der Waals surface area (Å²) in [6.07, 6.45) is 18.0. The van der Waals surface area contributed by atoms with E-state index in [0.717, 1.165) is 111 Å². The van der Waals surface area contributed by atoms with Gasteiger partial charge in [0.2, 0.25) is 0 Å². The Labute approximate surface area is 431 Å². The second kappa shape index (κ2) is 19.9. The van der Waals surface area contributed by atoms with Crippen molar-refractivity contribution in [3.63, 3.8) is 0 Å². The zero-order valence-electron chi connectivity index (χ0n) is 41.5. The second-order valence-electron chi connectivity index (χ2n) is 20.2. The van der Waals surface area contributed by atoms with E-state index in [-0.39, 0.29) is 0 Å². The lowest BCUT2D eigenvalue weighted by Crippen LogP contribution is -2.31. The third-order valence-electron chi connectivity index (χ3n) is 15.2. The second-order valence-corrected chi connectivity index (χ2v) is 21.2. The van der Waals surface area contributed by atoms with Crippen LogP contribution in [-0.4, -0.2) is 50.9 Å². The number of nitrogens with zero attached hydrogens (tertiary/aromatic N) is 8. The summed E-state index contributed by atoms with van der Waals surface area (Å²) in [4.78, 5) is 38.3. The van der Waals surface area contributed by atoms with Crippen LogP contribution in [0.4, 0.5) is 0 Å². The maximum atomic E-state index is 5.60. The Bertz CT molecular complexity index is 3740. The van der Waals surface area contributed by atoms with Crippen LogP contribution in [0.15, 0.2) is 181 Å². The van der Waals surface area contributed by atoms with Gasteiger partial charge in [-0.1, -0.05) is 187 Å². The van der Waals surface area contributed by atoms with Gasteiger partial charge >= 0.3 is 0 Å². The maximum Gasteiger partial charge on any atom is 0.170 e. The molecular formula is C64H58N8S. The minimum atomic E-state index is -0.585. The highest BCUT2D eigenvalue weighted by atomic mass is 32.2. The SMILES string of the molecule is CCCCCCCCCCCCCCCCSN1C2=NC(=NC3=NC(=NC4N=C(N=C5N=C1c1cc6ccccc6cc15)c1cc5ccccc5cc14)c1cc4ccccc4cc13)c1cc3ccccc3cc12. The molecule has 5 heterocycles. The number of fused-ring (bicyclic) bond motifs is 20. The number of unbranched alkanes of at least 4 members (excludes halogenated alkanes) is 13. The van der Waals surface area contributed by atoms with Crippen molar-refractivity contribution in [2.24, 2.45) is 34.9 Å². The first-order chi connectivity index (χ1) is 36.1. The van der Waals surface area contributed by atoms with Crippen LogP contribution in [0.5, 0.6) is 0 Å². The molecule has 13 rings (SSSR count). The highest BCUT2D eigenvalue weighted by Gasteiger charge is 2.37. The molecule has 0 aliphatic carbocycles. The lowest BCUT2D eigenvalue weighted by molar-refractivity contribution is 0.538. The quantitative estimate of drug-likeness (QED) is 0.0713. The molecule has 1 unspecified atom stereocenters. The van der Waals surface area contributed by atoms with Gasteiger partial charge in [-0.2, -0.15) is 0 Å². The molecule has 8 aromatic rings. The third kappa shape index (κ3) is 8.81. The first-order valence-corrected chi connectivity index (χ1v) is 27.7. The van der Waals surface area contributed by atoms with Gasteiger partial charge in [-0.15, -0.1) is 0 Å². The molecule has 0 aromatic heterocycles. The Hall–Kier alpha value is -7.36. The van der Waals surface area contributed by atoms with Gasteiger partial charge in [0.05, 0.1) is 0 Å². The summed E-state index contributed by atoms with van der Waals surface area (Å²) in [5, 5.41) is 9.02. The molecule has 8 bridgehead atoms. The topological polar surface area (TPSA) is 89.8 Å². The van der Waals surface area contributed by atoms with Crippen molar-refractivity contribution in [1.29, 1.82) is 0 Å². The molecule has 8 aromatic carbocycles. The van der Waals surface area contributed by atoms with Gasteiger partial charge in [-0.3, -0.25) is 4.31 Å². The number of hydrogen-bond acceptors (Lipinski definition) is 9. The molecule has 0 spiro atoms. The van der Waals surface area contributed by atoms with Crippen LogP contribution in [0, 0.1) is 0 Å². The number of amidine groups is 7. The fraction of sp³-hybridized carbons (Fsp3) is 0.266. The molecular weight excluding hydrogens is 913 g/mol. The van der Waals surface area contributed by atoms with Crippen molar-refractivity contribution in [2.45, 2.75) is 103 Å². The number of rotatable bonds is 16. The zero-order valence-corrected chi connectivity index (χ0v) is 42.3. The fourth-order valence-corrected chi connectivity index (χ4v) is 12.3. The molecule has 360 valence electrons. The first kappa shape index (κ1) is 45.5. The van der Waals surface area contributed by atoms with Crippen LogP contribution in [0.25, 0.3) is 43.1 Å². The van der Waals surface area contributed by atoms with E-state index in [9.17, 15) is 0 Å². The van der Waals surface area contributed by atoms with Gasteiger partial charge < -0.3 is 0 Å². The van der Waals surface area contributed by atoms with Crippen LogP contribution in [0.1, 0.15) is 147 Å². The van der Waals surface area contributed by atoms with Gasteiger partial charge in [-0.05, 0) is 110 Å². The molecule has 73 heavy (non-hydrogen) atoms. The minimum Gasteiger partial charge on any atom is -0.250 e. The molecule has 5 aliphatic heterocycles. The Morgan fingerprint density at radius 3 is 1.10 bits per heavy atom. The van der Waals surface area contributed by atoms with Crippen molar-refractivity contribution in [1.82, 2.24) is 4.31 Å². The Morgan fingerprint density at radius 1 is 0.342 bits per heavy atom. The number of aliphatic imine (C=N–C) groups is 7. The van der Waals surface area contributed by atoms with Crippen molar-refractivity contribution in [3.8, 4) is 0 Å². The minimum absolute atomic E-state index is 0.585. The maximum absolute atomic E-state index is 5.60. The summed E-state index contributed by atoms with van der Waals surface area (Å²) < 4.78 is 2.30. The molecule has 8 nitrogen and oxygen atoms in total. The number of benzene rings is 8. The molecule has 0 saturated heterocycles. The van der Waals surface area contributed by atoms with Gasteiger partial charge in [-0.25, -0.2) is 34.9 Å². The van der Waals surface area contributed by atoms with Crippen molar-refractivity contribution >= 4 is 95.9 Å². The lowest BCUT2D eigenvalue weighted by Gasteiger charge is -2.24. The monoisotopic (exact) mass is 970 g/mol. The average molecular weight is 971 g/mol. The van der Waals surface area contributed by atoms with Crippen molar-refractivity contribution in [2.75, 3.05) is 5.75 Å². The summed E-state index contributed by atoms with van der Waals surface area (Å²) in [6, 6.07) is 52.0. The van der Waals surface area contributed by atoms with Gasteiger partial charge in [0.1, 0.15) is 0 Å². The van der Waals surface area contributed by atoms with E-state index in [4.69, 9.17) is 34.9 Å². The molecule has 0 fully saturated rings. The van der Waals surface area contributed by atoms with Crippen LogP contribution >= 0.6 is 11.9 Å². The normalized spacial score (nSPS) is 16.2. The summed E-state index contributed by atoms with van der Waals surface area (Å²) in [7, 11) is 0. The fourth-order valence-electron chi connectivity index (χ4n) is 11.3. The Morgan fingerprint density at radius 2 is 0.658 bits per heavy atom.